The Morgan fingerprint density at radius 2 is 1.59 bits per heavy atom. The summed E-state index contributed by atoms with van der Waals surface area (Å²) in [6.45, 7) is 0. The van der Waals surface area contributed by atoms with E-state index in [0.29, 0.717) is 17.5 Å². The molecular weight excluding hydrogens is 278 g/mol. The van der Waals surface area contributed by atoms with Gasteiger partial charge in [-0.15, -0.1) is 0 Å². The molecule has 110 valence electrons. The molecule has 22 heavy (non-hydrogen) atoms. The van der Waals surface area contributed by atoms with Crippen LogP contribution in [0.15, 0.2) is 64.2 Å². The van der Waals surface area contributed by atoms with Gasteiger partial charge in [0.2, 0.25) is 0 Å². The highest BCUT2D eigenvalue weighted by atomic mass is 16.2. The van der Waals surface area contributed by atoms with Crippen LogP contribution in [-0.4, -0.2) is 13.9 Å². The Labute approximate surface area is 126 Å². The number of para-hydroxylation sites is 1. The van der Waals surface area contributed by atoms with Gasteiger partial charge in [-0.05, 0) is 30.4 Å². The van der Waals surface area contributed by atoms with Gasteiger partial charge in [0, 0.05) is 0 Å². The molecule has 0 unspecified atom stereocenters. The summed E-state index contributed by atoms with van der Waals surface area (Å²) >= 11 is 0. The smallest absolute Gasteiger partial charge is 0.245 e. The molecule has 0 N–H and O–H groups in total. The van der Waals surface area contributed by atoms with Crippen LogP contribution in [0.1, 0.15) is 18.5 Å². The number of aromatic nitrogens is 3. The summed E-state index contributed by atoms with van der Waals surface area (Å²) in [5.41, 5.74) is 0.121. The van der Waals surface area contributed by atoms with Gasteiger partial charge in [-0.1, -0.05) is 42.5 Å². The fraction of sp³-hybridized carbons (Fsp3) is 0.294. The van der Waals surface area contributed by atoms with Crippen molar-refractivity contribution in [3.8, 4) is 5.69 Å². The lowest BCUT2D eigenvalue weighted by molar-refractivity contribution is 0.339. The van der Waals surface area contributed by atoms with Crippen LogP contribution < -0.4 is 11.4 Å². The number of fused-ring (bicyclic) bond motifs is 2. The maximum atomic E-state index is 12.9. The minimum Gasteiger partial charge on any atom is -0.245 e. The van der Waals surface area contributed by atoms with Crippen LogP contribution in [0.25, 0.3) is 5.69 Å². The first kappa shape index (κ1) is 12.0. The fourth-order valence-corrected chi connectivity index (χ4v) is 3.78. The zero-order valence-corrected chi connectivity index (χ0v) is 11.9. The van der Waals surface area contributed by atoms with E-state index in [1.165, 1.54) is 4.57 Å². The van der Waals surface area contributed by atoms with Crippen molar-refractivity contribution in [2.24, 2.45) is 11.8 Å². The minimum absolute atomic E-state index is 0.00337. The third-order valence-electron chi connectivity index (χ3n) is 4.98. The quantitative estimate of drug-likeness (QED) is 0.751. The molecule has 1 saturated carbocycles. The zero-order valence-electron chi connectivity index (χ0n) is 11.9. The summed E-state index contributed by atoms with van der Waals surface area (Å²) in [7, 11) is 0. The normalized spacial score (nSPS) is 30.5. The monoisotopic (exact) mass is 293 g/mol. The Hall–Kier alpha value is -2.56. The number of nitrogens with zero attached hydrogens (tertiary/aromatic N) is 3. The second-order valence-electron chi connectivity index (χ2n) is 6.24. The topological polar surface area (TPSA) is 48.9 Å². The number of hydrogen-bond donors (Lipinski definition) is 0. The maximum Gasteiger partial charge on any atom is 0.352 e. The Morgan fingerprint density at radius 1 is 0.864 bits per heavy atom. The molecule has 0 amide bonds. The molecule has 2 aromatic rings. The molecule has 2 bridgehead atoms. The average molecular weight is 293 g/mol. The van der Waals surface area contributed by atoms with Crippen LogP contribution in [-0.2, 0) is 0 Å². The number of hydrogen-bond acceptors (Lipinski definition) is 2. The average Bonchev–Trinajstić information content (AvgIpc) is 3.22. The largest absolute Gasteiger partial charge is 0.352 e. The van der Waals surface area contributed by atoms with Gasteiger partial charge in [-0.25, -0.2) is 23.5 Å². The first-order valence-electron chi connectivity index (χ1n) is 7.64. The molecule has 1 aromatic carbocycles. The highest BCUT2D eigenvalue weighted by molar-refractivity contribution is 5.31. The van der Waals surface area contributed by atoms with Crippen molar-refractivity contribution < 1.29 is 0 Å². The summed E-state index contributed by atoms with van der Waals surface area (Å²) in [6.07, 6.45) is 9.46. The molecule has 0 radical (unpaired) electrons. The second kappa shape index (κ2) is 4.00. The fourth-order valence-electron chi connectivity index (χ4n) is 3.78. The predicted octanol–water partition coefficient (Wildman–Crippen LogP) is 1.66. The minimum atomic E-state index is -0.265. The first-order valence-corrected chi connectivity index (χ1v) is 7.64. The van der Waals surface area contributed by atoms with Crippen LogP contribution in [0.5, 0.6) is 0 Å². The number of benzene rings is 1. The third kappa shape index (κ3) is 1.43. The van der Waals surface area contributed by atoms with E-state index in [1.54, 1.807) is 21.5 Å². The van der Waals surface area contributed by atoms with E-state index >= 15 is 0 Å². The van der Waals surface area contributed by atoms with E-state index in [4.69, 9.17) is 0 Å². The van der Waals surface area contributed by atoms with E-state index < -0.39 is 0 Å². The van der Waals surface area contributed by atoms with Crippen molar-refractivity contribution in [3.63, 3.8) is 0 Å². The van der Waals surface area contributed by atoms with E-state index in [9.17, 15) is 9.59 Å². The predicted molar refractivity (Wildman–Crippen MR) is 82.2 cm³/mol. The van der Waals surface area contributed by atoms with Crippen molar-refractivity contribution in [2.75, 3.05) is 0 Å². The Balaban J connectivity index is 1.83. The van der Waals surface area contributed by atoms with Gasteiger partial charge in [0.25, 0.3) is 0 Å². The summed E-state index contributed by atoms with van der Waals surface area (Å²) in [6, 6.07) is 8.97. The van der Waals surface area contributed by atoms with Gasteiger partial charge in [-0.3, -0.25) is 0 Å². The Kier molecular flexibility index (Phi) is 2.19. The molecule has 1 aliphatic carbocycles. The van der Waals surface area contributed by atoms with Crippen LogP contribution >= 0.6 is 0 Å². The molecule has 5 nitrogen and oxygen atoms in total. The molecule has 5 rings (SSSR count). The molecule has 2 aliphatic heterocycles. The van der Waals surface area contributed by atoms with Crippen molar-refractivity contribution in [2.45, 2.75) is 18.5 Å². The SMILES string of the molecule is O=c1n(-c2ccccc2)c(=O)n2n1[C@@H]1C=C[C@@H]3C[C@@H]3[C@H]2C=C1. The standard InChI is InChI=1S/C17H15N3O2/c21-16-18(12-4-2-1-3-5-12)17(22)20-15-9-8-13(19(16)20)7-6-11-10-14(11)15/h1-9,11,13-15H,10H2/t11-,13-,14+,15-/m1/s1. The second-order valence-corrected chi connectivity index (χ2v) is 6.24. The van der Waals surface area contributed by atoms with E-state index in [2.05, 4.69) is 12.2 Å². The molecule has 0 spiro atoms. The highest BCUT2D eigenvalue weighted by Crippen LogP contribution is 2.50. The summed E-state index contributed by atoms with van der Waals surface area (Å²) in [5, 5.41) is 0. The van der Waals surface area contributed by atoms with Crippen LogP contribution in [0.3, 0.4) is 0 Å². The van der Waals surface area contributed by atoms with Gasteiger partial charge < -0.3 is 0 Å². The van der Waals surface area contributed by atoms with Gasteiger partial charge in [0.1, 0.15) is 0 Å². The lowest BCUT2D eigenvalue weighted by atomic mass is 10.0. The van der Waals surface area contributed by atoms with Crippen LogP contribution in [0.2, 0.25) is 0 Å². The van der Waals surface area contributed by atoms with Crippen LogP contribution in [0.4, 0.5) is 0 Å². The maximum absolute atomic E-state index is 12.9. The molecule has 1 fully saturated rings. The number of allylic oxidation sites excluding steroid dienone is 4. The molecule has 1 aromatic heterocycles. The van der Waals surface area contributed by atoms with Gasteiger partial charge in [0.05, 0.1) is 17.8 Å². The van der Waals surface area contributed by atoms with E-state index in [0.717, 1.165) is 6.42 Å². The molecule has 4 atom stereocenters. The van der Waals surface area contributed by atoms with Crippen molar-refractivity contribution in [3.05, 3.63) is 75.6 Å². The van der Waals surface area contributed by atoms with Crippen molar-refractivity contribution in [1.29, 1.82) is 0 Å². The van der Waals surface area contributed by atoms with Gasteiger partial charge in [0.15, 0.2) is 0 Å². The number of rotatable bonds is 1. The summed E-state index contributed by atoms with van der Waals surface area (Å²) in [5.74, 6) is 0.983. The van der Waals surface area contributed by atoms with Crippen molar-refractivity contribution >= 4 is 0 Å². The molecule has 5 heteroatoms. The van der Waals surface area contributed by atoms with E-state index in [-0.39, 0.29) is 23.5 Å². The first-order chi connectivity index (χ1) is 10.8. The van der Waals surface area contributed by atoms with Crippen LogP contribution in [0, 0.1) is 11.8 Å². The summed E-state index contributed by atoms with van der Waals surface area (Å²) in [4.78, 5) is 25.7. The zero-order chi connectivity index (χ0) is 14.8. The highest BCUT2D eigenvalue weighted by Gasteiger charge is 2.46. The third-order valence-corrected chi connectivity index (χ3v) is 4.98. The molecule has 3 heterocycles. The van der Waals surface area contributed by atoms with Crippen molar-refractivity contribution in [1.82, 2.24) is 13.9 Å². The summed E-state index contributed by atoms with van der Waals surface area (Å²) < 4.78 is 4.54. The molecule has 3 aliphatic rings. The lowest BCUT2D eigenvalue weighted by Crippen LogP contribution is -2.36. The molecular formula is C17H15N3O2. The van der Waals surface area contributed by atoms with E-state index in [1.807, 2.05) is 30.4 Å². The van der Waals surface area contributed by atoms with Gasteiger partial charge in [-0.2, -0.15) is 0 Å². The van der Waals surface area contributed by atoms with Gasteiger partial charge >= 0.3 is 11.4 Å². The lowest BCUT2D eigenvalue weighted by Gasteiger charge is -2.27. The molecule has 0 saturated heterocycles. The Bertz CT molecular complexity index is 929. The Morgan fingerprint density at radius 3 is 2.41 bits per heavy atom.